The monoisotopic (exact) mass is 357 g/mol. The van der Waals surface area contributed by atoms with E-state index in [2.05, 4.69) is 22.2 Å². The van der Waals surface area contributed by atoms with Gasteiger partial charge in [0.25, 0.3) is 5.91 Å². The van der Waals surface area contributed by atoms with E-state index < -0.39 is 0 Å². The molecule has 2 aromatic carbocycles. The second kappa shape index (κ2) is 7.03. The maximum Gasteiger partial charge on any atom is 0.255 e. The molecule has 2 heterocycles. The Hall–Kier alpha value is -3.47. The molecule has 1 N–H and O–H groups in total. The lowest BCUT2D eigenvalue weighted by molar-refractivity contribution is 0.102. The first-order chi connectivity index (χ1) is 13.1. The molecule has 0 spiro atoms. The van der Waals surface area contributed by atoms with Gasteiger partial charge in [0.2, 0.25) is 5.89 Å². The highest BCUT2D eigenvalue weighted by atomic mass is 16.3. The van der Waals surface area contributed by atoms with Gasteiger partial charge in [0, 0.05) is 23.0 Å². The summed E-state index contributed by atoms with van der Waals surface area (Å²) in [5, 5.41) is 2.98. The maximum absolute atomic E-state index is 12.6. The summed E-state index contributed by atoms with van der Waals surface area (Å²) in [4.78, 5) is 21.2. The molecule has 0 saturated heterocycles. The SMILES string of the molecule is CCc1ccc(C(=O)Nc2cc(-c3nc4ncccc4o3)ccc2C)cc1. The molecule has 2 aromatic heterocycles. The summed E-state index contributed by atoms with van der Waals surface area (Å²) < 4.78 is 5.78. The average Bonchev–Trinajstić information content (AvgIpc) is 3.14. The third-order valence-electron chi connectivity index (χ3n) is 4.52. The van der Waals surface area contributed by atoms with Gasteiger partial charge < -0.3 is 9.73 Å². The smallest absolute Gasteiger partial charge is 0.255 e. The molecule has 0 saturated carbocycles. The Morgan fingerprint density at radius 2 is 1.93 bits per heavy atom. The van der Waals surface area contributed by atoms with Crippen LogP contribution in [0.1, 0.15) is 28.4 Å². The maximum atomic E-state index is 12.6. The Morgan fingerprint density at radius 3 is 2.67 bits per heavy atom. The Bertz CT molecular complexity index is 1080. The molecule has 0 bridgehead atoms. The zero-order chi connectivity index (χ0) is 18.8. The molecular formula is C22H19N3O2. The van der Waals surface area contributed by atoms with Crippen molar-refractivity contribution in [3.05, 3.63) is 77.5 Å². The van der Waals surface area contributed by atoms with Crippen LogP contribution in [-0.4, -0.2) is 15.9 Å². The minimum absolute atomic E-state index is 0.142. The highest BCUT2D eigenvalue weighted by Crippen LogP contribution is 2.27. The third-order valence-corrected chi connectivity index (χ3v) is 4.52. The fourth-order valence-corrected chi connectivity index (χ4v) is 2.87. The number of carbonyl (C=O) groups excluding carboxylic acids is 1. The summed E-state index contributed by atoms with van der Waals surface area (Å²) in [6, 6.07) is 17.0. The van der Waals surface area contributed by atoms with Crippen molar-refractivity contribution >= 4 is 22.8 Å². The lowest BCUT2D eigenvalue weighted by Gasteiger charge is -2.10. The van der Waals surface area contributed by atoms with Crippen LogP contribution < -0.4 is 5.32 Å². The molecule has 0 atom stereocenters. The number of amides is 1. The van der Waals surface area contributed by atoms with Crippen LogP contribution >= 0.6 is 0 Å². The van der Waals surface area contributed by atoms with Crippen molar-refractivity contribution < 1.29 is 9.21 Å². The lowest BCUT2D eigenvalue weighted by atomic mass is 10.1. The Morgan fingerprint density at radius 1 is 1.11 bits per heavy atom. The molecule has 5 nitrogen and oxygen atoms in total. The number of fused-ring (bicyclic) bond motifs is 1. The van der Waals surface area contributed by atoms with E-state index in [4.69, 9.17) is 4.42 Å². The molecule has 0 aliphatic rings. The van der Waals surface area contributed by atoms with Crippen molar-refractivity contribution in [3.63, 3.8) is 0 Å². The van der Waals surface area contributed by atoms with Gasteiger partial charge in [-0.3, -0.25) is 4.79 Å². The van der Waals surface area contributed by atoms with Crippen LogP contribution in [-0.2, 0) is 6.42 Å². The number of hydrogen-bond acceptors (Lipinski definition) is 4. The van der Waals surface area contributed by atoms with Crippen LogP contribution in [0.5, 0.6) is 0 Å². The van der Waals surface area contributed by atoms with Gasteiger partial charge in [-0.1, -0.05) is 25.1 Å². The van der Waals surface area contributed by atoms with Crippen molar-refractivity contribution in [1.82, 2.24) is 9.97 Å². The molecule has 0 radical (unpaired) electrons. The van der Waals surface area contributed by atoms with Gasteiger partial charge in [0.1, 0.15) is 0 Å². The minimum atomic E-state index is -0.142. The summed E-state index contributed by atoms with van der Waals surface area (Å²) in [5.41, 5.74) is 5.51. The summed E-state index contributed by atoms with van der Waals surface area (Å²) in [5.74, 6) is 0.337. The van der Waals surface area contributed by atoms with Crippen molar-refractivity contribution in [1.29, 1.82) is 0 Å². The fraction of sp³-hybridized carbons (Fsp3) is 0.136. The summed E-state index contributed by atoms with van der Waals surface area (Å²) in [7, 11) is 0. The number of nitrogens with zero attached hydrogens (tertiary/aromatic N) is 2. The van der Waals surface area contributed by atoms with Gasteiger partial charge in [0.15, 0.2) is 11.2 Å². The molecule has 5 heteroatoms. The van der Waals surface area contributed by atoms with Crippen LogP contribution in [0, 0.1) is 6.92 Å². The van der Waals surface area contributed by atoms with Crippen LogP contribution in [0.2, 0.25) is 0 Å². The zero-order valence-electron chi connectivity index (χ0n) is 15.2. The molecule has 4 rings (SSSR count). The number of nitrogens with one attached hydrogen (secondary N) is 1. The lowest BCUT2D eigenvalue weighted by Crippen LogP contribution is -2.12. The van der Waals surface area contributed by atoms with Crippen LogP contribution in [0.4, 0.5) is 5.69 Å². The number of hydrogen-bond donors (Lipinski definition) is 1. The number of pyridine rings is 1. The van der Waals surface area contributed by atoms with Crippen LogP contribution in [0.3, 0.4) is 0 Å². The summed E-state index contributed by atoms with van der Waals surface area (Å²) >= 11 is 0. The first-order valence-corrected chi connectivity index (χ1v) is 8.87. The van der Waals surface area contributed by atoms with Gasteiger partial charge in [-0.25, -0.2) is 4.98 Å². The Balaban J connectivity index is 1.62. The Labute approximate surface area is 157 Å². The number of aromatic nitrogens is 2. The van der Waals surface area contributed by atoms with Crippen LogP contribution in [0.15, 0.2) is 65.2 Å². The van der Waals surface area contributed by atoms with E-state index in [9.17, 15) is 4.79 Å². The second-order valence-electron chi connectivity index (χ2n) is 6.38. The number of carbonyl (C=O) groups is 1. The van der Waals surface area contributed by atoms with Gasteiger partial charge in [-0.05, 0) is 60.9 Å². The molecule has 0 aliphatic heterocycles. The number of aryl methyl sites for hydroxylation is 2. The second-order valence-corrected chi connectivity index (χ2v) is 6.38. The van der Waals surface area contributed by atoms with Crippen molar-refractivity contribution in [2.75, 3.05) is 5.32 Å². The summed E-state index contributed by atoms with van der Waals surface area (Å²) in [6.45, 7) is 4.04. The number of rotatable bonds is 4. The number of oxazole rings is 1. The minimum Gasteiger partial charge on any atom is -0.434 e. The zero-order valence-corrected chi connectivity index (χ0v) is 15.2. The number of benzene rings is 2. The molecule has 1 amide bonds. The molecular weight excluding hydrogens is 338 g/mol. The van der Waals surface area contributed by atoms with Crippen molar-refractivity contribution in [2.24, 2.45) is 0 Å². The average molecular weight is 357 g/mol. The van der Waals surface area contributed by atoms with Crippen molar-refractivity contribution in [2.45, 2.75) is 20.3 Å². The van der Waals surface area contributed by atoms with Gasteiger partial charge in [0.05, 0.1) is 0 Å². The first-order valence-electron chi connectivity index (χ1n) is 8.87. The van der Waals surface area contributed by atoms with Crippen LogP contribution in [0.25, 0.3) is 22.7 Å². The largest absolute Gasteiger partial charge is 0.434 e. The van der Waals surface area contributed by atoms with Gasteiger partial charge in [-0.15, -0.1) is 0 Å². The topological polar surface area (TPSA) is 68.0 Å². The van der Waals surface area contributed by atoms with E-state index in [1.807, 2.05) is 61.5 Å². The van der Waals surface area contributed by atoms with E-state index in [0.29, 0.717) is 22.7 Å². The fourth-order valence-electron chi connectivity index (χ4n) is 2.87. The molecule has 134 valence electrons. The Kier molecular flexibility index (Phi) is 4.42. The quantitative estimate of drug-likeness (QED) is 0.557. The van der Waals surface area contributed by atoms with E-state index in [1.54, 1.807) is 6.20 Å². The highest BCUT2D eigenvalue weighted by molar-refractivity contribution is 6.04. The van der Waals surface area contributed by atoms with E-state index in [1.165, 1.54) is 5.56 Å². The summed E-state index contributed by atoms with van der Waals surface area (Å²) in [6.07, 6.45) is 2.63. The molecule has 0 aliphatic carbocycles. The predicted molar refractivity (Wildman–Crippen MR) is 106 cm³/mol. The number of anilines is 1. The van der Waals surface area contributed by atoms with E-state index in [0.717, 1.165) is 23.2 Å². The standard InChI is InChI=1S/C22H19N3O2/c1-3-15-7-10-16(11-8-15)21(26)24-18-13-17(9-6-14(18)2)22-25-20-19(27-22)5-4-12-23-20/h4-13H,3H2,1-2H3,(H,24,26). The third kappa shape index (κ3) is 3.44. The predicted octanol–water partition coefficient (Wildman–Crippen LogP) is 5.01. The van der Waals surface area contributed by atoms with Gasteiger partial charge >= 0.3 is 0 Å². The molecule has 4 aromatic rings. The molecule has 0 fully saturated rings. The normalized spacial score (nSPS) is 10.9. The van der Waals surface area contributed by atoms with Gasteiger partial charge in [-0.2, -0.15) is 4.98 Å². The van der Waals surface area contributed by atoms with E-state index in [-0.39, 0.29) is 5.91 Å². The first kappa shape index (κ1) is 17.0. The van der Waals surface area contributed by atoms with E-state index >= 15 is 0 Å². The molecule has 0 unspecified atom stereocenters. The van der Waals surface area contributed by atoms with Crippen molar-refractivity contribution in [3.8, 4) is 11.5 Å². The highest BCUT2D eigenvalue weighted by Gasteiger charge is 2.12. The molecule has 27 heavy (non-hydrogen) atoms.